The number of hydrogen-bond donors (Lipinski definition) is 0. The Bertz CT molecular complexity index is 283. The van der Waals surface area contributed by atoms with E-state index in [1.54, 1.807) is 6.33 Å². The zero-order chi connectivity index (χ0) is 6.81. The van der Waals surface area contributed by atoms with Crippen molar-refractivity contribution in [1.29, 1.82) is 0 Å². The van der Waals surface area contributed by atoms with E-state index in [0.29, 0.717) is 0 Å². The fourth-order valence-corrected chi connectivity index (χ4v) is 0.923. The molecule has 0 amide bonds. The molecule has 2 nitrogen and oxygen atoms in total. The van der Waals surface area contributed by atoms with Crippen LogP contribution in [0, 0.1) is 0 Å². The number of hydrogen-bond acceptors (Lipinski definition) is 2. The number of fused-ring (bicyclic) bond motifs is 1. The molecule has 0 aliphatic heterocycles. The number of nitrogens with zero attached hydrogens (tertiary/aromatic N) is 2. The maximum Gasteiger partial charge on any atom is 0.116 e. The van der Waals surface area contributed by atoms with Crippen LogP contribution in [-0.2, 0) is 0 Å². The summed E-state index contributed by atoms with van der Waals surface area (Å²) in [5.41, 5.74) is 0.998. The Morgan fingerprint density at radius 1 is 1.09 bits per heavy atom. The van der Waals surface area contributed by atoms with Gasteiger partial charge in [0.05, 0.1) is 5.52 Å². The average Bonchev–Trinajstić information content (AvgIpc) is 2.05. The second-order valence-corrected chi connectivity index (χ2v) is 2.08. The zero-order valence-electron chi connectivity index (χ0n) is 5.86. The van der Waals surface area contributed by atoms with Crippen LogP contribution < -0.4 is 0 Å². The van der Waals surface area contributed by atoms with E-state index < -0.39 is 0 Å². The van der Waals surface area contributed by atoms with Crippen LogP contribution in [0.1, 0.15) is 0 Å². The molecule has 0 saturated carbocycles. The van der Waals surface area contributed by atoms with E-state index >= 15 is 0 Å². The van der Waals surface area contributed by atoms with Gasteiger partial charge in [-0.05, 0) is 6.07 Å². The summed E-state index contributed by atoms with van der Waals surface area (Å²) in [6.07, 6.45) is 3.37. The molecule has 2 aromatic rings. The van der Waals surface area contributed by atoms with Gasteiger partial charge in [-0.15, -0.1) is 0 Å². The molecule has 0 fully saturated rings. The SMILES string of the molecule is [Sn].c1ccc2ncncc2c1. The summed E-state index contributed by atoms with van der Waals surface area (Å²) >= 11 is 0. The summed E-state index contributed by atoms with van der Waals surface area (Å²) in [5.74, 6) is 0. The maximum absolute atomic E-state index is 4.07. The van der Waals surface area contributed by atoms with E-state index in [0.717, 1.165) is 10.9 Å². The van der Waals surface area contributed by atoms with E-state index in [4.69, 9.17) is 0 Å². The van der Waals surface area contributed by atoms with Gasteiger partial charge in [-0.25, -0.2) is 9.97 Å². The Morgan fingerprint density at radius 3 is 2.73 bits per heavy atom. The number of aromatic nitrogens is 2. The Hall–Kier alpha value is -0.641. The third kappa shape index (κ3) is 1.68. The second kappa shape index (κ2) is 3.66. The number of benzene rings is 1. The zero-order valence-corrected chi connectivity index (χ0v) is 8.71. The molecule has 0 unspecified atom stereocenters. The first-order valence-corrected chi connectivity index (χ1v) is 3.11. The fraction of sp³-hybridized carbons (Fsp3) is 0. The molecule has 1 aromatic heterocycles. The molecule has 2 rings (SSSR count). The summed E-state index contributed by atoms with van der Waals surface area (Å²) in [7, 11) is 0. The molecule has 0 aliphatic carbocycles. The van der Waals surface area contributed by atoms with Crippen molar-refractivity contribution in [2.75, 3.05) is 0 Å². The summed E-state index contributed by atoms with van der Waals surface area (Å²) < 4.78 is 0. The number of rotatable bonds is 0. The minimum Gasteiger partial charge on any atom is -0.244 e. The van der Waals surface area contributed by atoms with Crippen LogP contribution in [0.25, 0.3) is 10.9 Å². The molecule has 3 heteroatoms. The first-order chi connectivity index (χ1) is 4.97. The van der Waals surface area contributed by atoms with E-state index in [1.165, 1.54) is 0 Å². The van der Waals surface area contributed by atoms with Crippen LogP contribution in [0.3, 0.4) is 0 Å². The van der Waals surface area contributed by atoms with Crippen molar-refractivity contribution in [1.82, 2.24) is 9.97 Å². The smallest absolute Gasteiger partial charge is 0.116 e. The van der Waals surface area contributed by atoms with Gasteiger partial charge in [0.25, 0.3) is 0 Å². The molecule has 0 bridgehead atoms. The van der Waals surface area contributed by atoms with Gasteiger partial charge in [0.2, 0.25) is 0 Å². The first-order valence-electron chi connectivity index (χ1n) is 3.11. The summed E-state index contributed by atoms with van der Waals surface area (Å²) in [6, 6.07) is 7.91. The second-order valence-electron chi connectivity index (χ2n) is 2.08. The average molecular weight is 249 g/mol. The molecule has 0 aliphatic rings. The molecular formula is C8H6N2Sn. The Morgan fingerprint density at radius 2 is 1.91 bits per heavy atom. The Kier molecular flexibility index (Phi) is 2.82. The van der Waals surface area contributed by atoms with E-state index in [9.17, 15) is 0 Å². The van der Waals surface area contributed by atoms with Gasteiger partial charge in [0.15, 0.2) is 0 Å². The van der Waals surface area contributed by atoms with Crippen LogP contribution in [0.5, 0.6) is 0 Å². The fourth-order valence-electron chi connectivity index (χ4n) is 0.923. The minimum absolute atomic E-state index is 0. The molecule has 1 heterocycles. The topological polar surface area (TPSA) is 25.8 Å². The van der Waals surface area contributed by atoms with Crippen LogP contribution in [0.15, 0.2) is 36.8 Å². The van der Waals surface area contributed by atoms with Crippen LogP contribution in [0.2, 0.25) is 0 Å². The molecule has 52 valence electrons. The van der Waals surface area contributed by atoms with Crippen LogP contribution >= 0.6 is 0 Å². The molecule has 11 heavy (non-hydrogen) atoms. The Balaban J connectivity index is 0.000000605. The molecule has 1 aromatic carbocycles. The van der Waals surface area contributed by atoms with Gasteiger partial charge in [-0.3, -0.25) is 0 Å². The van der Waals surface area contributed by atoms with Crippen molar-refractivity contribution in [3.63, 3.8) is 0 Å². The van der Waals surface area contributed by atoms with Crippen molar-refractivity contribution < 1.29 is 0 Å². The summed E-state index contributed by atoms with van der Waals surface area (Å²) in [5, 5.41) is 1.09. The van der Waals surface area contributed by atoms with Crippen LogP contribution in [-0.4, -0.2) is 33.9 Å². The van der Waals surface area contributed by atoms with E-state index in [-0.39, 0.29) is 23.9 Å². The van der Waals surface area contributed by atoms with Gasteiger partial charge < -0.3 is 0 Å². The Labute approximate surface area is 81.6 Å². The van der Waals surface area contributed by atoms with Gasteiger partial charge in [-0.1, -0.05) is 18.2 Å². The molecule has 0 spiro atoms. The molecule has 0 N–H and O–H groups in total. The predicted molar refractivity (Wildman–Crippen MR) is 45.3 cm³/mol. The third-order valence-corrected chi connectivity index (χ3v) is 1.41. The van der Waals surface area contributed by atoms with Gasteiger partial charge in [0.1, 0.15) is 6.33 Å². The molecule has 0 saturated heterocycles. The van der Waals surface area contributed by atoms with Crippen molar-refractivity contribution in [2.45, 2.75) is 0 Å². The first kappa shape index (κ1) is 8.46. The van der Waals surface area contributed by atoms with Gasteiger partial charge >= 0.3 is 0 Å². The molecular weight excluding hydrogens is 243 g/mol. The largest absolute Gasteiger partial charge is 0.244 e. The summed E-state index contributed by atoms with van der Waals surface area (Å²) in [6.45, 7) is 0. The predicted octanol–water partition coefficient (Wildman–Crippen LogP) is 1.25. The number of para-hydroxylation sites is 1. The monoisotopic (exact) mass is 250 g/mol. The maximum atomic E-state index is 4.07. The molecule has 4 radical (unpaired) electrons. The van der Waals surface area contributed by atoms with E-state index in [2.05, 4.69) is 9.97 Å². The normalized spacial score (nSPS) is 9.09. The third-order valence-electron chi connectivity index (χ3n) is 1.41. The van der Waals surface area contributed by atoms with Crippen LogP contribution in [0.4, 0.5) is 0 Å². The van der Waals surface area contributed by atoms with Gasteiger partial charge in [0, 0.05) is 35.5 Å². The molecule has 0 atom stereocenters. The van der Waals surface area contributed by atoms with Crippen molar-refractivity contribution in [3.8, 4) is 0 Å². The van der Waals surface area contributed by atoms with Gasteiger partial charge in [-0.2, -0.15) is 0 Å². The minimum atomic E-state index is 0. The van der Waals surface area contributed by atoms with E-state index in [1.807, 2.05) is 30.5 Å². The summed E-state index contributed by atoms with van der Waals surface area (Å²) in [4.78, 5) is 7.97. The van der Waals surface area contributed by atoms with Crippen molar-refractivity contribution >= 4 is 34.8 Å². The van der Waals surface area contributed by atoms with Crippen molar-refractivity contribution in [3.05, 3.63) is 36.8 Å². The quantitative estimate of drug-likeness (QED) is 0.656. The van der Waals surface area contributed by atoms with Crippen molar-refractivity contribution in [2.24, 2.45) is 0 Å². The standard InChI is InChI=1S/C8H6N2.Sn/c1-2-4-8-7(3-1)5-9-6-10-8;/h1-6H;.